The van der Waals surface area contributed by atoms with Crippen LogP contribution in [0.3, 0.4) is 0 Å². The van der Waals surface area contributed by atoms with Gasteiger partial charge in [-0.15, -0.1) is 0 Å². The molecule has 1 unspecified atom stereocenters. The third-order valence-electron chi connectivity index (χ3n) is 3.32. The van der Waals surface area contributed by atoms with E-state index in [2.05, 4.69) is 12.1 Å². The van der Waals surface area contributed by atoms with Crippen LogP contribution in [0.15, 0.2) is 48.5 Å². The summed E-state index contributed by atoms with van der Waals surface area (Å²) >= 11 is 6.20. The Labute approximate surface area is 119 Å². The molecule has 1 N–H and O–H groups in total. The van der Waals surface area contributed by atoms with Crippen molar-refractivity contribution >= 4 is 11.6 Å². The Hall–Kier alpha value is -1.31. The monoisotopic (exact) mass is 274 g/mol. The van der Waals surface area contributed by atoms with Crippen molar-refractivity contribution in [3.63, 3.8) is 0 Å². The topological polar surface area (TPSA) is 20.2 Å². The molecular weight excluding hydrogens is 256 g/mol. The highest BCUT2D eigenvalue weighted by Gasteiger charge is 2.07. The van der Waals surface area contributed by atoms with E-state index in [4.69, 9.17) is 11.6 Å². The molecule has 0 fully saturated rings. The summed E-state index contributed by atoms with van der Waals surface area (Å²) in [7, 11) is 0. The number of halogens is 1. The summed E-state index contributed by atoms with van der Waals surface area (Å²) in [5.74, 6) is 0. The molecule has 0 aliphatic heterocycles. The molecule has 0 aliphatic carbocycles. The highest BCUT2D eigenvalue weighted by molar-refractivity contribution is 6.31. The van der Waals surface area contributed by atoms with Gasteiger partial charge in [-0.2, -0.15) is 0 Å². The lowest BCUT2D eigenvalue weighted by atomic mass is 10.0. The number of aliphatic hydroxyl groups excluding tert-OH is 1. The van der Waals surface area contributed by atoms with Gasteiger partial charge in [-0.3, -0.25) is 0 Å². The van der Waals surface area contributed by atoms with Gasteiger partial charge in [0.2, 0.25) is 0 Å². The van der Waals surface area contributed by atoms with Gasteiger partial charge in [0.25, 0.3) is 0 Å². The average Bonchev–Trinajstić information content (AvgIpc) is 2.42. The van der Waals surface area contributed by atoms with E-state index >= 15 is 0 Å². The van der Waals surface area contributed by atoms with E-state index in [1.54, 1.807) is 0 Å². The molecular formula is C17H19ClO. The van der Waals surface area contributed by atoms with Gasteiger partial charge >= 0.3 is 0 Å². The summed E-state index contributed by atoms with van der Waals surface area (Å²) < 4.78 is 0. The van der Waals surface area contributed by atoms with Crippen LogP contribution in [-0.2, 0) is 6.42 Å². The van der Waals surface area contributed by atoms with Gasteiger partial charge in [0.05, 0.1) is 6.10 Å². The fourth-order valence-electron chi connectivity index (χ4n) is 2.18. The van der Waals surface area contributed by atoms with Gasteiger partial charge in [0, 0.05) is 5.02 Å². The molecule has 1 atom stereocenters. The number of rotatable bonds is 5. The summed E-state index contributed by atoms with van der Waals surface area (Å²) in [6, 6.07) is 15.9. The smallest absolute Gasteiger partial charge is 0.0790 e. The van der Waals surface area contributed by atoms with Crippen LogP contribution in [0.2, 0.25) is 5.02 Å². The van der Waals surface area contributed by atoms with Crippen LogP contribution < -0.4 is 0 Å². The second kappa shape index (κ2) is 6.74. The highest BCUT2D eigenvalue weighted by Crippen LogP contribution is 2.23. The first kappa shape index (κ1) is 14.1. The van der Waals surface area contributed by atoms with Crippen molar-refractivity contribution in [1.82, 2.24) is 0 Å². The maximum absolute atomic E-state index is 10.1. The molecule has 1 nitrogen and oxygen atoms in total. The van der Waals surface area contributed by atoms with Gasteiger partial charge in [-0.1, -0.05) is 54.1 Å². The van der Waals surface area contributed by atoms with Crippen LogP contribution in [0.5, 0.6) is 0 Å². The summed E-state index contributed by atoms with van der Waals surface area (Å²) in [6.07, 6.45) is 2.21. The normalized spacial score (nSPS) is 12.4. The number of aliphatic hydroxyl groups is 1. The van der Waals surface area contributed by atoms with E-state index in [0.717, 1.165) is 35.4 Å². The predicted molar refractivity (Wildman–Crippen MR) is 80.5 cm³/mol. The molecule has 0 saturated heterocycles. The van der Waals surface area contributed by atoms with Gasteiger partial charge in [0.15, 0.2) is 0 Å². The minimum absolute atomic E-state index is 0.384. The predicted octanol–water partition coefficient (Wildman–Crippen LogP) is 4.70. The molecule has 100 valence electrons. The molecule has 0 radical (unpaired) electrons. The van der Waals surface area contributed by atoms with Gasteiger partial charge < -0.3 is 5.11 Å². The number of hydrogen-bond donors (Lipinski definition) is 1. The molecule has 0 aliphatic rings. The maximum Gasteiger partial charge on any atom is 0.0790 e. The van der Waals surface area contributed by atoms with Gasteiger partial charge in [-0.25, -0.2) is 0 Å². The van der Waals surface area contributed by atoms with Crippen LogP contribution in [0.25, 0.3) is 0 Å². The summed E-state index contributed by atoms with van der Waals surface area (Å²) in [4.78, 5) is 0. The van der Waals surface area contributed by atoms with Crippen molar-refractivity contribution in [2.75, 3.05) is 0 Å². The lowest BCUT2D eigenvalue weighted by Crippen LogP contribution is -1.98. The van der Waals surface area contributed by atoms with E-state index < -0.39 is 0 Å². The molecule has 2 aromatic rings. The maximum atomic E-state index is 10.1. The Balaban J connectivity index is 1.86. The fourth-order valence-corrected chi connectivity index (χ4v) is 2.51. The molecule has 2 rings (SSSR count). The van der Waals surface area contributed by atoms with Gasteiger partial charge in [-0.05, 0) is 48.9 Å². The average molecular weight is 275 g/mol. The standard InChI is InChI=1S/C17H19ClO/c1-13-10-11-14(16(18)12-13)8-5-9-17(19)15-6-3-2-4-7-15/h2-4,6-7,10-12,17,19H,5,8-9H2,1H3. The van der Waals surface area contributed by atoms with Crippen LogP contribution in [0.4, 0.5) is 0 Å². The first-order valence-corrected chi connectivity index (χ1v) is 7.02. The Kier molecular flexibility index (Phi) is 5.00. The van der Waals surface area contributed by atoms with Crippen molar-refractivity contribution in [2.45, 2.75) is 32.3 Å². The molecule has 0 aromatic heterocycles. The van der Waals surface area contributed by atoms with E-state index in [1.807, 2.05) is 43.3 Å². The van der Waals surface area contributed by atoms with E-state index in [0.29, 0.717) is 0 Å². The Morgan fingerprint density at radius 1 is 1.11 bits per heavy atom. The zero-order valence-corrected chi connectivity index (χ0v) is 11.9. The van der Waals surface area contributed by atoms with Crippen molar-refractivity contribution < 1.29 is 5.11 Å². The lowest BCUT2D eigenvalue weighted by Gasteiger charge is -2.11. The minimum Gasteiger partial charge on any atom is -0.388 e. The summed E-state index contributed by atoms with van der Waals surface area (Å²) in [6.45, 7) is 2.04. The zero-order valence-electron chi connectivity index (χ0n) is 11.1. The fraction of sp³-hybridized carbons (Fsp3) is 0.294. The summed E-state index contributed by atoms with van der Waals surface area (Å²) in [5.41, 5.74) is 3.32. The van der Waals surface area contributed by atoms with Crippen molar-refractivity contribution in [1.29, 1.82) is 0 Å². The molecule has 2 aromatic carbocycles. The zero-order chi connectivity index (χ0) is 13.7. The third kappa shape index (κ3) is 4.09. The molecule has 0 bridgehead atoms. The van der Waals surface area contributed by atoms with Crippen LogP contribution in [-0.4, -0.2) is 5.11 Å². The third-order valence-corrected chi connectivity index (χ3v) is 3.67. The molecule has 0 spiro atoms. The van der Waals surface area contributed by atoms with Crippen molar-refractivity contribution in [3.8, 4) is 0 Å². The minimum atomic E-state index is -0.384. The second-order valence-corrected chi connectivity index (χ2v) is 5.32. The first-order valence-electron chi connectivity index (χ1n) is 6.65. The quantitative estimate of drug-likeness (QED) is 0.837. The number of benzene rings is 2. The molecule has 0 amide bonds. The first-order chi connectivity index (χ1) is 9.16. The van der Waals surface area contributed by atoms with E-state index in [9.17, 15) is 5.11 Å². The van der Waals surface area contributed by atoms with Crippen molar-refractivity contribution in [3.05, 3.63) is 70.2 Å². The largest absolute Gasteiger partial charge is 0.388 e. The highest BCUT2D eigenvalue weighted by atomic mass is 35.5. The van der Waals surface area contributed by atoms with E-state index in [-0.39, 0.29) is 6.10 Å². The molecule has 2 heteroatoms. The van der Waals surface area contributed by atoms with Crippen molar-refractivity contribution in [2.24, 2.45) is 0 Å². The SMILES string of the molecule is Cc1ccc(CCCC(O)c2ccccc2)c(Cl)c1. The van der Waals surface area contributed by atoms with Crippen LogP contribution in [0.1, 0.15) is 35.6 Å². The van der Waals surface area contributed by atoms with E-state index in [1.165, 1.54) is 5.56 Å². The summed E-state index contributed by atoms with van der Waals surface area (Å²) in [5, 5.41) is 10.9. The molecule has 0 saturated carbocycles. The van der Waals surface area contributed by atoms with Gasteiger partial charge in [0.1, 0.15) is 0 Å². The number of aryl methyl sites for hydroxylation is 2. The Bertz CT molecular complexity index is 522. The Morgan fingerprint density at radius 3 is 2.53 bits per heavy atom. The second-order valence-electron chi connectivity index (χ2n) is 4.91. The lowest BCUT2D eigenvalue weighted by molar-refractivity contribution is 0.164. The molecule has 0 heterocycles. The van der Waals surface area contributed by atoms with Crippen LogP contribution >= 0.6 is 11.6 Å². The number of hydrogen-bond acceptors (Lipinski definition) is 1. The van der Waals surface area contributed by atoms with Crippen LogP contribution in [0, 0.1) is 6.92 Å². The molecule has 19 heavy (non-hydrogen) atoms. The Morgan fingerprint density at radius 2 is 1.84 bits per heavy atom.